The minimum atomic E-state index is 0.167. The number of nitrogens with one attached hydrogen (secondary N) is 2. The Morgan fingerprint density at radius 1 is 0.654 bits per heavy atom. The molecule has 0 saturated heterocycles. The Morgan fingerprint density at radius 2 is 1.08 bits per heavy atom. The van der Waals surface area contributed by atoms with E-state index in [2.05, 4.69) is 0 Å². The van der Waals surface area contributed by atoms with Gasteiger partial charge in [0, 0.05) is 21.9 Å². The summed E-state index contributed by atoms with van der Waals surface area (Å²) in [6.07, 6.45) is 3.74. The first kappa shape index (κ1) is 15.7. The van der Waals surface area contributed by atoms with E-state index in [0.29, 0.717) is 60.6 Å². The lowest BCUT2D eigenvalue weighted by Crippen LogP contribution is -2.20. The van der Waals surface area contributed by atoms with Gasteiger partial charge in [0.15, 0.2) is 23.0 Å². The van der Waals surface area contributed by atoms with Crippen molar-refractivity contribution in [2.75, 3.05) is 26.4 Å². The Kier molecular flexibility index (Phi) is 3.61. The van der Waals surface area contributed by atoms with Gasteiger partial charge in [-0.2, -0.15) is 0 Å². The van der Waals surface area contributed by atoms with Crippen LogP contribution in [0.25, 0.3) is 11.1 Å². The molecule has 0 fully saturated rings. The largest absolute Gasteiger partial charge is 0.485 e. The van der Waals surface area contributed by atoms with E-state index in [1.807, 2.05) is 22.9 Å². The minimum absolute atomic E-state index is 0.167. The first-order chi connectivity index (χ1) is 12.7. The maximum absolute atomic E-state index is 8.53. The van der Waals surface area contributed by atoms with E-state index in [4.69, 9.17) is 29.8 Å². The van der Waals surface area contributed by atoms with Crippen LogP contribution in [0.3, 0.4) is 0 Å². The van der Waals surface area contributed by atoms with E-state index in [-0.39, 0.29) is 11.4 Å². The van der Waals surface area contributed by atoms with Crippen LogP contribution in [-0.4, -0.2) is 37.9 Å². The van der Waals surface area contributed by atoms with Crippen molar-refractivity contribution in [3.05, 3.63) is 32.7 Å². The highest BCUT2D eigenvalue weighted by molar-refractivity contribution is 7.13. The molecule has 8 heteroatoms. The van der Waals surface area contributed by atoms with E-state index in [1.165, 1.54) is 22.7 Å². The highest BCUT2D eigenvalue weighted by Crippen LogP contribution is 2.47. The first-order valence-corrected chi connectivity index (χ1v) is 9.85. The van der Waals surface area contributed by atoms with Crippen LogP contribution in [0, 0.1) is 10.8 Å². The van der Waals surface area contributed by atoms with Crippen molar-refractivity contribution in [2.45, 2.75) is 0 Å². The molecule has 4 heterocycles. The number of thiophene rings is 2. The third kappa shape index (κ3) is 2.29. The van der Waals surface area contributed by atoms with Crippen molar-refractivity contribution >= 4 is 45.2 Å². The zero-order valence-corrected chi connectivity index (χ0v) is 15.2. The summed E-state index contributed by atoms with van der Waals surface area (Å²) in [5, 5.41) is 20.8. The summed E-state index contributed by atoms with van der Waals surface area (Å²) in [5.41, 5.74) is 1.69. The standard InChI is InChI=1S/C18H14N2O4S2/c19-13-9(17-15-11(7-25-17)21-3-5-23-15)1-2-10(14(13)20)18-16-12(8-26-18)22-4-6-24-16/h1-2,7-8,19-20H,3-6H2. The number of fused-ring (bicyclic) bond motifs is 2. The molecular formula is C18H14N2O4S2. The number of allylic oxidation sites excluding steroid dienone is 4. The summed E-state index contributed by atoms with van der Waals surface area (Å²) in [4.78, 5) is 1.66. The van der Waals surface area contributed by atoms with Crippen LogP contribution in [0.2, 0.25) is 0 Å². The van der Waals surface area contributed by atoms with Gasteiger partial charge in [0.25, 0.3) is 0 Å². The SMILES string of the molecule is N=C1C(=N)C(c2scc3c2OCCO3)=CC=C1c1scc2c1OCCO2. The molecule has 3 aliphatic rings. The van der Waals surface area contributed by atoms with E-state index in [9.17, 15) is 0 Å². The molecular weight excluding hydrogens is 372 g/mol. The molecule has 132 valence electrons. The molecule has 2 aromatic rings. The van der Waals surface area contributed by atoms with E-state index < -0.39 is 0 Å². The number of rotatable bonds is 2. The molecule has 0 spiro atoms. The van der Waals surface area contributed by atoms with Crippen molar-refractivity contribution in [1.29, 1.82) is 10.8 Å². The van der Waals surface area contributed by atoms with Gasteiger partial charge < -0.3 is 18.9 Å². The molecule has 0 saturated carbocycles. The normalized spacial score (nSPS) is 18.5. The lowest BCUT2D eigenvalue weighted by atomic mass is 9.92. The molecule has 6 nitrogen and oxygen atoms in total. The molecule has 0 aromatic carbocycles. The van der Waals surface area contributed by atoms with Gasteiger partial charge in [-0.1, -0.05) is 12.2 Å². The molecule has 2 N–H and O–H groups in total. The van der Waals surface area contributed by atoms with Crippen molar-refractivity contribution in [2.24, 2.45) is 0 Å². The van der Waals surface area contributed by atoms with Crippen molar-refractivity contribution in [3.8, 4) is 23.0 Å². The molecule has 0 atom stereocenters. The van der Waals surface area contributed by atoms with Crippen LogP contribution in [0.5, 0.6) is 23.0 Å². The number of hydrogen-bond donors (Lipinski definition) is 2. The fraction of sp³-hybridized carbons (Fsp3) is 0.222. The van der Waals surface area contributed by atoms with Crippen molar-refractivity contribution in [1.82, 2.24) is 0 Å². The van der Waals surface area contributed by atoms with Crippen LogP contribution in [0.4, 0.5) is 0 Å². The fourth-order valence-electron chi connectivity index (χ4n) is 3.08. The molecule has 0 unspecified atom stereocenters. The predicted molar refractivity (Wildman–Crippen MR) is 102 cm³/mol. The van der Waals surface area contributed by atoms with Crippen molar-refractivity contribution < 1.29 is 18.9 Å². The number of ether oxygens (including phenoxy) is 4. The molecule has 5 rings (SSSR count). The summed E-state index contributed by atoms with van der Waals surface area (Å²) < 4.78 is 22.6. The second-order valence-electron chi connectivity index (χ2n) is 5.82. The smallest absolute Gasteiger partial charge is 0.180 e. The third-order valence-electron chi connectivity index (χ3n) is 4.30. The number of hydrogen-bond acceptors (Lipinski definition) is 8. The monoisotopic (exact) mass is 386 g/mol. The average Bonchev–Trinajstić information content (AvgIpc) is 3.28. The van der Waals surface area contributed by atoms with Gasteiger partial charge >= 0.3 is 0 Å². The Hall–Kier alpha value is -2.58. The van der Waals surface area contributed by atoms with E-state index >= 15 is 0 Å². The predicted octanol–water partition coefficient (Wildman–Crippen LogP) is 3.87. The van der Waals surface area contributed by atoms with Crippen LogP contribution in [0.1, 0.15) is 9.75 Å². The van der Waals surface area contributed by atoms with Crippen LogP contribution >= 0.6 is 22.7 Å². The molecule has 0 bridgehead atoms. The molecule has 2 aliphatic heterocycles. The quantitative estimate of drug-likeness (QED) is 0.768. The molecule has 0 radical (unpaired) electrons. The summed E-state index contributed by atoms with van der Waals surface area (Å²) in [6, 6.07) is 0. The molecule has 26 heavy (non-hydrogen) atoms. The van der Waals surface area contributed by atoms with Gasteiger partial charge in [0.2, 0.25) is 0 Å². The maximum atomic E-state index is 8.53. The summed E-state index contributed by atoms with van der Waals surface area (Å²) >= 11 is 2.94. The zero-order valence-electron chi connectivity index (χ0n) is 13.6. The lowest BCUT2D eigenvalue weighted by Gasteiger charge is -2.21. The Bertz CT molecular complexity index is 919. The Labute approximate surface area is 157 Å². The topological polar surface area (TPSA) is 84.6 Å². The molecule has 1 aliphatic carbocycles. The highest BCUT2D eigenvalue weighted by atomic mass is 32.1. The van der Waals surface area contributed by atoms with Crippen LogP contribution < -0.4 is 18.9 Å². The van der Waals surface area contributed by atoms with Crippen molar-refractivity contribution in [3.63, 3.8) is 0 Å². The summed E-state index contributed by atoms with van der Waals surface area (Å²) in [6.45, 7) is 2.05. The zero-order chi connectivity index (χ0) is 17.7. The third-order valence-corrected chi connectivity index (χ3v) is 6.24. The van der Waals surface area contributed by atoms with Gasteiger partial charge in [-0.3, -0.25) is 10.8 Å². The maximum Gasteiger partial charge on any atom is 0.180 e. The fourth-order valence-corrected chi connectivity index (χ4v) is 5.01. The van der Waals surface area contributed by atoms with E-state index in [1.54, 1.807) is 0 Å². The van der Waals surface area contributed by atoms with Gasteiger partial charge in [-0.15, -0.1) is 22.7 Å². The first-order valence-electron chi connectivity index (χ1n) is 8.09. The van der Waals surface area contributed by atoms with Crippen LogP contribution in [-0.2, 0) is 0 Å². The lowest BCUT2D eigenvalue weighted by molar-refractivity contribution is 0.173. The van der Waals surface area contributed by atoms with Gasteiger partial charge in [-0.25, -0.2) is 0 Å². The average molecular weight is 386 g/mol. The van der Waals surface area contributed by atoms with Gasteiger partial charge in [0.1, 0.15) is 26.4 Å². The molecule has 0 amide bonds. The Morgan fingerprint density at radius 3 is 1.54 bits per heavy atom. The summed E-state index contributed by atoms with van der Waals surface area (Å²) in [5.74, 6) is 2.77. The van der Waals surface area contributed by atoms with Gasteiger partial charge in [-0.05, 0) is 0 Å². The summed E-state index contributed by atoms with van der Waals surface area (Å²) in [7, 11) is 0. The van der Waals surface area contributed by atoms with Crippen LogP contribution in [0.15, 0.2) is 22.9 Å². The van der Waals surface area contributed by atoms with E-state index in [0.717, 1.165) is 9.75 Å². The second kappa shape index (κ2) is 6.00. The highest BCUT2D eigenvalue weighted by Gasteiger charge is 2.30. The molecule has 2 aromatic heterocycles. The minimum Gasteiger partial charge on any atom is -0.485 e. The van der Waals surface area contributed by atoms with Gasteiger partial charge in [0.05, 0.1) is 21.2 Å². The Balaban J connectivity index is 1.57. The second-order valence-corrected chi connectivity index (χ2v) is 7.58.